The van der Waals surface area contributed by atoms with Crippen LogP contribution >= 0.6 is 0 Å². The molecule has 0 bridgehead atoms. The Hall–Kier alpha value is -0.0400. The van der Waals surface area contributed by atoms with E-state index in [4.69, 9.17) is 5.73 Å². The molecule has 0 spiro atoms. The zero-order valence-electron chi connectivity index (χ0n) is 7.19. The van der Waals surface area contributed by atoms with Gasteiger partial charge in [0.1, 0.15) is 0 Å². The number of hydrogen-bond acceptors (Lipinski definition) is 1. The smallest absolute Gasteiger partial charge is 0.00722 e. The summed E-state index contributed by atoms with van der Waals surface area (Å²) >= 11 is 0. The van der Waals surface area contributed by atoms with Crippen LogP contribution in [0.4, 0.5) is 0 Å². The maximum atomic E-state index is 5.51. The summed E-state index contributed by atoms with van der Waals surface area (Å²) in [6.45, 7) is 5.51. The molecule has 0 aromatic heterocycles. The van der Waals surface area contributed by atoms with Gasteiger partial charge < -0.3 is 5.73 Å². The van der Waals surface area contributed by atoms with E-state index >= 15 is 0 Å². The van der Waals surface area contributed by atoms with Crippen molar-refractivity contribution in [2.45, 2.75) is 39.5 Å². The fourth-order valence-electron chi connectivity index (χ4n) is 1.60. The summed E-state index contributed by atoms with van der Waals surface area (Å²) in [4.78, 5) is 0. The quantitative estimate of drug-likeness (QED) is 0.638. The topological polar surface area (TPSA) is 26.0 Å². The lowest BCUT2D eigenvalue weighted by atomic mass is 9.84. The molecule has 0 saturated heterocycles. The van der Waals surface area contributed by atoms with Crippen LogP contribution in [0.1, 0.15) is 39.5 Å². The summed E-state index contributed by atoms with van der Waals surface area (Å²) in [5.74, 6) is 1.04. The molecule has 10 heavy (non-hydrogen) atoms. The second-order valence-electron chi connectivity index (χ2n) is 4.35. The van der Waals surface area contributed by atoms with Crippen LogP contribution in [0, 0.1) is 11.3 Å². The molecule has 60 valence electrons. The van der Waals surface area contributed by atoms with Crippen LogP contribution in [-0.4, -0.2) is 6.54 Å². The van der Waals surface area contributed by atoms with Crippen LogP contribution in [0.5, 0.6) is 0 Å². The van der Waals surface area contributed by atoms with Gasteiger partial charge in [-0.15, -0.1) is 0 Å². The van der Waals surface area contributed by atoms with Gasteiger partial charge in [0.05, 0.1) is 0 Å². The van der Waals surface area contributed by atoms with Crippen LogP contribution in [-0.2, 0) is 0 Å². The van der Waals surface area contributed by atoms with E-state index in [-0.39, 0.29) is 0 Å². The minimum atomic E-state index is 0.510. The maximum absolute atomic E-state index is 5.51. The predicted octanol–water partition coefficient (Wildman–Crippen LogP) is 2.16. The van der Waals surface area contributed by atoms with Crippen molar-refractivity contribution in [3.05, 3.63) is 0 Å². The fraction of sp³-hybridized carbons (Fsp3) is 1.00. The van der Waals surface area contributed by atoms with Crippen LogP contribution in [0.2, 0.25) is 0 Å². The molecule has 0 radical (unpaired) electrons. The monoisotopic (exact) mass is 141 g/mol. The number of nitrogens with two attached hydrogens (primary N) is 1. The Kier molecular flexibility index (Phi) is 2.35. The Morgan fingerprint density at radius 1 is 1.40 bits per heavy atom. The largest absolute Gasteiger partial charge is 0.330 e. The van der Waals surface area contributed by atoms with Gasteiger partial charge in [0, 0.05) is 0 Å². The standard InChI is InChI=1S/C9H19N/c1-9(2,5-6-10)7-8-3-4-8/h8H,3-7,10H2,1-2H3. The van der Waals surface area contributed by atoms with E-state index in [2.05, 4.69) is 13.8 Å². The van der Waals surface area contributed by atoms with Gasteiger partial charge in [-0.25, -0.2) is 0 Å². The van der Waals surface area contributed by atoms with E-state index in [1.165, 1.54) is 25.7 Å². The van der Waals surface area contributed by atoms with Crippen LogP contribution in [0.25, 0.3) is 0 Å². The minimum absolute atomic E-state index is 0.510. The lowest BCUT2D eigenvalue weighted by Crippen LogP contribution is -2.17. The lowest BCUT2D eigenvalue weighted by Gasteiger charge is -2.23. The van der Waals surface area contributed by atoms with E-state index in [0.717, 1.165) is 12.5 Å². The second kappa shape index (κ2) is 2.91. The van der Waals surface area contributed by atoms with Crippen LogP contribution < -0.4 is 5.73 Å². The average Bonchev–Trinajstić information content (AvgIpc) is 2.48. The van der Waals surface area contributed by atoms with Crippen molar-refractivity contribution in [3.63, 3.8) is 0 Å². The van der Waals surface area contributed by atoms with Gasteiger partial charge in [-0.05, 0) is 30.7 Å². The molecule has 0 unspecified atom stereocenters. The van der Waals surface area contributed by atoms with Crippen molar-refractivity contribution in [1.29, 1.82) is 0 Å². The van der Waals surface area contributed by atoms with Crippen LogP contribution in [0.3, 0.4) is 0 Å². The summed E-state index contributed by atoms with van der Waals surface area (Å²) in [6.07, 6.45) is 5.51. The van der Waals surface area contributed by atoms with E-state index in [1.807, 2.05) is 0 Å². The summed E-state index contributed by atoms with van der Waals surface area (Å²) in [7, 11) is 0. The molecule has 1 heteroatoms. The molecule has 0 aromatic carbocycles. The summed E-state index contributed by atoms with van der Waals surface area (Å²) in [5.41, 5.74) is 6.02. The first-order valence-electron chi connectivity index (χ1n) is 4.34. The highest BCUT2D eigenvalue weighted by molar-refractivity contribution is 4.81. The van der Waals surface area contributed by atoms with Crippen molar-refractivity contribution < 1.29 is 0 Å². The van der Waals surface area contributed by atoms with E-state index in [0.29, 0.717) is 5.41 Å². The Labute approximate surface area is 64.0 Å². The molecule has 1 rings (SSSR count). The molecule has 0 heterocycles. The summed E-state index contributed by atoms with van der Waals surface area (Å²) < 4.78 is 0. The number of hydrogen-bond donors (Lipinski definition) is 1. The summed E-state index contributed by atoms with van der Waals surface area (Å²) in [6, 6.07) is 0. The predicted molar refractivity (Wildman–Crippen MR) is 44.8 cm³/mol. The third-order valence-corrected chi connectivity index (χ3v) is 2.36. The van der Waals surface area contributed by atoms with E-state index in [1.54, 1.807) is 0 Å². The molecule has 1 saturated carbocycles. The number of rotatable bonds is 4. The molecule has 0 atom stereocenters. The summed E-state index contributed by atoms with van der Waals surface area (Å²) in [5, 5.41) is 0. The molecule has 1 aliphatic carbocycles. The Balaban J connectivity index is 2.19. The molecule has 0 amide bonds. The highest BCUT2D eigenvalue weighted by Gasteiger charge is 2.29. The van der Waals surface area contributed by atoms with Crippen molar-refractivity contribution >= 4 is 0 Å². The normalized spacial score (nSPS) is 19.5. The van der Waals surface area contributed by atoms with Crippen molar-refractivity contribution in [2.24, 2.45) is 17.1 Å². The van der Waals surface area contributed by atoms with Gasteiger partial charge in [-0.1, -0.05) is 26.7 Å². The van der Waals surface area contributed by atoms with Crippen molar-refractivity contribution in [2.75, 3.05) is 6.54 Å². The average molecular weight is 141 g/mol. The molecule has 1 fully saturated rings. The van der Waals surface area contributed by atoms with Crippen LogP contribution in [0.15, 0.2) is 0 Å². The van der Waals surface area contributed by atoms with Gasteiger partial charge in [-0.2, -0.15) is 0 Å². The van der Waals surface area contributed by atoms with Gasteiger partial charge in [-0.3, -0.25) is 0 Å². The fourth-order valence-corrected chi connectivity index (χ4v) is 1.60. The molecule has 2 N–H and O–H groups in total. The van der Waals surface area contributed by atoms with Crippen molar-refractivity contribution in [3.8, 4) is 0 Å². The zero-order chi connectivity index (χ0) is 7.61. The molecule has 1 aliphatic rings. The van der Waals surface area contributed by atoms with Gasteiger partial charge in [0.25, 0.3) is 0 Å². The first-order chi connectivity index (χ1) is 4.64. The van der Waals surface area contributed by atoms with Gasteiger partial charge >= 0.3 is 0 Å². The highest BCUT2D eigenvalue weighted by atomic mass is 14.5. The minimum Gasteiger partial charge on any atom is -0.330 e. The van der Waals surface area contributed by atoms with E-state index in [9.17, 15) is 0 Å². The SMILES string of the molecule is CC(C)(CCN)CC1CC1. The molecule has 0 aromatic rings. The lowest BCUT2D eigenvalue weighted by molar-refractivity contribution is 0.295. The first-order valence-corrected chi connectivity index (χ1v) is 4.34. The third-order valence-electron chi connectivity index (χ3n) is 2.36. The zero-order valence-corrected chi connectivity index (χ0v) is 7.19. The first kappa shape index (κ1) is 8.06. The second-order valence-corrected chi connectivity index (χ2v) is 4.35. The Bertz CT molecular complexity index is 103. The molecule has 1 nitrogen and oxygen atoms in total. The Morgan fingerprint density at radius 2 is 2.00 bits per heavy atom. The third kappa shape index (κ3) is 2.70. The van der Waals surface area contributed by atoms with E-state index < -0.39 is 0 Å². The molecular weight excluding hydrogens is 122 g/mol. The Morgan fingerprint density at radius 3 is 2.40 bits per heavy atom. The maximum Gasteiger partial charge on any atom is -0.00722 e. The van der Waals surface area contributed by atoms with Crippen molar-refractivity contribution in [1.82, 2.24) is 0 Å². The van der Waals surface area contributed by atoms with Gasteiger partial charge in [0.15, 0.2) is 0 Å². The molecular formula is C9H19N. The highest BCUT2D eigenvalue weighted by Crippen LogP contribution is 2.41. The molecule has 0 aliphatic heterocycles. The van der Waals surface area contributed by atoms with Gasteiger partial charge in [0.2, 0.25) is 0 Å².